The van der Waals surface area contributed by atoms with Crippen molar-refractivity contribution in [2.45, 2.75) is 31.3 Å². The third kappa shape index (κ3) is 1.95. The van der Waals surface area contributed by atoms with Crippen molar-refractivity contribution in [2.75, 3.05) is 12.8 Å². The van der Waals surface area contributed by atoms with Crippen LogP contribution < -0.4 is 5.73 Å². The standard InChI is InChI=1S/C11H15N3O3/c1-17-11(4-2-3-5-11)10-13-6-7(9(15)16)8(12)14-10/h6H,2-5H2,1H3,(H,15,16)(H2,12,13,14). The van der Waals surface area contributed by atoms with E-state index < -0.39 is 11.6 Å². The van der Waals surface area contributed by atoms with E-state index in [1.807, 2.05) is 0 Å². The quantitative estimate of drug-likeness (QED) is 0.818. The summed E-state index contributed by atoms with van der Waals surface area (Å²) < 4.78 is 5.51. The molecule has 1 saturated carbocycles. The number of nitrogens with two attached hydrogens (primary N) is 1. The van der Waals surface area contributed by atoms with Gasteiger partial charge in [-0.3, -0.25) is 0 Å². The minimum atomic E-state index is -1.12. The van der Waals surface area contributed by atoms with Crippen LogP contribution in [0.15, 0.2) is 6.20 Å². The summed E-state index contributed by atoms with van der Waals surface area (Å²) in [6.45, 7) is 0. The fourth-order valence-corrected chi connectivity index (χ4v) is 2.24. The number of anilines is 1. The Morgan fingerprint density at radius 1 is 1.53 bits per heavy atom. The maximum Gasteiger partial charge on any atom is 0.341 e. The number of methoxy groups -OCH3 is 1. The molecule has 1 aromatic rings. The highest BCUT2D eigenvalue weighted by Gasteiger charge is 2.38. The van der Waals surface area contributed by atoms with Gasteiger partial charge in [0.15, 0.2) is 5.82 Å². The predicted octanol–water partition coefficient (Wildman–Crippen LogP) is 1.17. The molecule has 92 valence electrons. The number of carbonyl (C=O) groups is 1. The summed E-state index contributed by atoms with van der Waals surface area (Å²) in [6, 6.07) is 0. The highest BCUT2D eigenvalue weighted by atomic mass is 16.5. The van der Waals surface area contributed by atoms with Crippen LogP contribution in [-0.4, -0.2) is 28.2 Å². The third-order valence-electron chi connectivity index (χ3n) is 3.26. The monoisotopic (exact) mass is 237 g/mol. The van der Waals surface area contributed by atoms with Gasteiger partial charge in [-0.2, -0.15) is 0 Å². The second-order valence-electron chi connectivity index (χ2n) is 4.20. The van der Waals surface area contributed by atoms with Gasteiger partial charge < -0.3 is 15.6 Å². The lowest BCUT2D eigenvalue weighted by molar-refractivity contribution is -0.0162. The summed E-state index contributed by atoms with van der Waals surface area (Å²) in [5.41, 5.74) is 5.05. The molecule has 6 heteroatoms. The summed E-state index contributed by atoms with van der Waals surface area (Å²) in [4.78, 5) is 19.0. The highest BCUT2D eigenvalue weighted by Crippen LogP contribution is 2.40. The maximum atomic E-state index is 10.8. The van der Waals surface area contributed by atoms with Crippen molar-refractivity contribution in [3.8, 4) is 0 Å². The van der Waals surface area contributed by atoms with Gasteiger partial charge >= 0.3 is 5.97 Å². The minimum absolute atomic E-state index is 0.00850. The minimum Gasteiger partial charge on any atom is -0.477 e. The van der Waals surface area contributed by atoms with Gasteiger partial charge in [-0.05, 0) is 25.7 Å². The van der Waals surface area contributed by atoms with E-state index in [-0.39, 0.29) is 11.4 Å². The van der Waals surface area contributed by atoms with Crippen molar-refractivity contribution in [3.63, 3.8) is 0 Å². The average molecular weight is 237 g/mol. The van der Waals surface area contributed by atoms with E-state index in [0.29, 0.717) is 5.82 Å². The van der Waals surface area contributed by atoms with E-state index in [1.54, 1.807) is 7.11 Å². The number of aromatic carboxylic acids is 1. The van der Waals surface area contributed by atoms with Crippen molar-refractivity contribution < 1.29 is 14.6 Å². The average Bonchev–Trinajstić information content (AvgIpc) is 2.78. The highest BCUT2D eigenvalue weighted by molar-refractivity contribution is 5.92. The van der Waals surface area contributed by atoms with Crippen LogP contribution in [0.4, 0.5) is 5.82 Å². The Balaban J connectivity index is 2.40. The number of nitrogens with zero attached hydrogens (tertiary/aromatic N) is 2. The van der Waals surface area contributed by atoms with Gasteiger partial charge in [0.05, 0.1) is 0 Å². The van der Waals surface area contributed by atoms with E-state index >= 15 is 0 Å². The molecule has 0 amide bonds. The number of rotatable bonds is 3. The van der Waals surface area contributed by atoms with Crippen molar-refractivity contribution in [1.29, 1.82) is 0 Å². The van der Waals surface area contributed by atoms with Crippen molar-refractivity contribution in [2.24, 2.45) is 0 Å². The number of ether oxygens (including phenoxy) is 1. The molecule has 0 atom stereocenters. The molecule has 6 nitrogen and oxygen atoms in total. The zero-order valence-electron chi connectivity index (χ0n) is 9.64. The summed E-state index contributed by atoms with van der Waals surface area (Å²) in [6.07, 6.45) is 5.04. The molecule has 0 radical (unpaired) electrons. The number of hydrogen-bond acceptors (Lipinski definition) is 5. The Labute approximate surface area is 98.8 Å². The van der Waals surface area contributed by atoms with Crippen LogP contribution in [0.1, 0.15) is 41.9 Å². The van der Waals surface area contributed by atoms with Crippen molar-refractivity contribution in [1.82, 2.24) is 9.97 Å². The molecule has 1 heterocycles. The molecular weight excluding hydrogens is 222 g/mol. The van der Waals surface area contributed by atoms with E-state index in [0.717, 1.165) is 25.7 Å². The Hall–Kier alpha value is -1.69. The van der Waals surface area contributed by atoms with Crippen LogP contribution >= 0.6 is 0 Å². The third-order valence-corrected chi connectivity index (χ3v) is 3.26. The molecular formula is C11H15N3O3. The van der Waals surface area contributed by atoms with Crippen LogP contribution in [0.3, 0.4) is 0 Å². The molecule has 0 saturated heterocycles. The summed E-state index contributed by atoms with van der Waals surface area (Å²) in [5.74, 6) is -0.641. The molecule has 3 N–H and O–H groups in total. The number of hydrogen-bond donors (Lipinski definition) is 2. The number of nitrogen functional groups attached to an aromatic ring is 1. The van der Waals surface area contributed by atoms with Gasteiger partial charge in [-0.15, -0.1) is 0 Å². The lowest BCUT2D eigenvalue weighted by Gasteiger charge is -2.25. The Morgan fingerprint density at radius 3 is 2.65 bits per heavy atom. The van der Waals surface area contributed by atoms with Crippen LogP contribution in [0.5, 0.6) is 0 Å². The van der Waals surface area contributed by atoms with Crippen LogP contribution in [0.2, 0.25) is 0 Å². The van der Waals surface area contributed by atoms with Gasteiger partial charge in [0.1, 0.15) is 17.0 Å². The summed E-state index contributed by atoms with van der Waals surface area (Å²) >= 11 is 0. The molecule has 0 spiro atoms. The molecule has 1 aliphatic rings. The topological polar surface area (TPSA) is 98.3 Å². The molecule has 1 aliphatic carbocycles. The zero-order chi connectivity index (χ0) is 12.5. The van der Waals surface area contributed by atoms with E-state index in [1.165, 1.54) is 6.20 Å². The first-order chi connectivity index (χ1) is 8.09. The largest absolute Gasteiger partial charge is 0.477 e. The first kappa shape index (κ1) is 11.8. The van der Waals surface area contributed by atoms with Gasteiger partial charge in [0.2, 0.25) is 0 Å². The predicted molar refractivity (Wildman–Crippen MR) is 60.6 cm³/mol. The first-order valence-electron chi connectivity index (χ1n) is 5.50. The van der Waals surface area contributed by atoms with Gasteiger partial charge in [0.25, 0.3) is 0 Å². The van der Waals surface area contributed by atoms with Crippen molar-refractivity contribution >= 4 is 11.8 Å². The van der Waals surface area contributed by atoms with E-state index in [2.05, 4.69) is 9.97 Å². The van der Waals surface area contributed by atoms with E-state index in [4.69, 9.17) is 15.6 Å². The molecule has 0 aromatic carbocycles. The van der Waals surface area contributed by atoms with Crippen LogP contribution in [-0.2, 0) is 10.3 Å². The van der Waals surface area contributed by atoms with Gasteiger partial charge in [0, 0.05) is 13.3 Å². The van der Waals surface area contributed by atoms with Crippen molar-refractivity contribution in [3.05, 3.63) is 17.6 Å². The number of aromatic nitrogens is 2. The van der Waals surface area contributed by atoms with E-state index in [9.17, 15) is 4.79 Å². The summed E-state index contributed by atoms with van der Waals surface area (Å²) in [5, 5.41) is 8.85. The molecule has 2 rings (SSSR count). The molecule has 0 bridgehead atoms. The fraction of sp³-hybridized carbons (Fsp3) is 0.545. The Kier molecular flexibility index (Phi) is 2.97. The van der Waals surface area contributed by atoms with Gasteiger partial charge in [-0.1, -0.05) is 0 Å². The lowest BCUT2D eigenvalue weighted by Crippen LogP contribution is -2.28. The zero-order valence-corrected chi connectivity index (χ0v) is 9.64. The smallest absolute Gasteiger partial charge is 0.341 e. The van der Waals surface area contributed by atoms with Crippen LogP contribution in [0, 0.1) is 0 Å². The molecule has 0 aliphatic heterocycles. The lowest BCUT2D eigenvalue weighted by atomic mass is 10.0. The summed E-state index contributed by atoms with van der Waals surface area (Å²) in [7, 11) is 1.62. The fourth-order valence-electron chi connectivity index (χ4n) is 2.24. The van der Waals surface area contributed by atoms with Gasteiger partial charge in [-0.25, -0.2) is 14.8 Å². The SMILES string of the molecule is COC1(c2ncc(C(=O)O)c(N)n2)CCCC1. The number of carboxylic acid groups (broad SMARTS) is 1. The molecule has 0 unspecified atom stereocenters. The Morgan fingerprint density at radius 2 is 2.18 bits per heavy atom. The normalized spacial score (nSPS) is 18.2. The molecule has 17 heavy (non-hydrogen) atoms. The number of carboxylic acids is 1. The first-order valence-corrected chi connectivity index (χ1v) is 5.50. The molecule has 1 aromatic heterocycles. The molecule has 1 fully saturated rings. The Bertz CT molecular complexity index is 442. The maximum absolute atomic E-state index is 10.8. The van der Waals surface area contributed by atoms with Crippen LogP contribution in [0.25, 0.3) is 0 Å². The second-order valence-corrected chi connectivity index (χ2v) is 4.20. The second kappa shape index (κ2) is 4.29.